The molecule has 2 aromatic rings. The second-order valence-corrected chi connectivity index (χ2v) is 8.04. The van der Waals surface area contributed by atoms with Crippen molar-refractivity contribution in [2.45, 2.75) is 45.1 Å². The van der Waals surface area contributed by atoms with E-state index in [-0.39, 0.29) is 11.8 Å². The zero-order valence-electron chi connectivity index (χ0n) is 18.9. The minimum absolute atomic E-state index is 0.00831. The summed E-state index contributed by atoms with van der Waals surface area (Å²) in [4.78, 5) is 35.2. The van der Waals surface area contributed by atoms with Gasteiger partial charge in [-0.3, -0.25) is 19.6 Å². The predicted molar refractivity (Wildman–Crippen MR) is 120 cm³/mol. The molecule has 1 N–H and O–H groups in total. The number of hydrogen-bond acceptors (Lipinski definition) is 6. The number of nitrogens with one attached hydrogen (secondary N) is 1. The fourth-order valence-corrected chi connectivity index (χ4v) is 3.99. The standard InChI is InChI=1S/C24H32N4O4/c1-31-21-8-6-19(22(14-21)32-2)15-27-23(29)9-5-18-4-3-13-28(17-18)24(30)10-7-20-16-25-11-12-26-20/h6,8,11-12,14,16,18H,3-5,7,9-10,13,15,17H2,1-2H3,(H,27,29). The Balaban J connectivity index is 1.40. The first-order valence-corrected chi connectivity index (χ1v) is 11.1. The maximum absolute atomic E-state index is 12.6. The zero-order chi connectivity index (χ0) is 22.8. The number of piperidine rings is 1. The first kappa shape index (κ1) is 23.5. The van der Waals surface area contributed by atoms with Crippen molar-refractivity contribution in [2.75, 3.05) is 27.3 Å². The van der Waals surface area contributed by atoms with Crippen molar-refractivity contribution in [1.29, 1.82) is 0 Å². The van der Waals surface area contributed by atoms with Gasteiger partial charge in [-0.05, 0) is 43.7 Å². The van der Waals surface area contributed by atoms with Gasteiger partial charge >= 0.3 is 0 Å². The minimum atomic E-state index is 0.00831. The predicted octanol–water partition coefficient (Wildman–Crippen LogP) is 2.76. The number of hydrogen-bond donors (Lipinski definition) is 1. The first-order chi connectivity index (χ1) is 15.6. The summed E-state index contributed by atoms with van der Waals surface area (Å²) in [5.41, 5.74) is 1.73. The van der Waals surface area contributed by atoms with Crippen LogP contribution in [0.15, 0.2) is 36.8 Å². The number of amides is 2. The molecule has 8 heteroatoms. The van der Waals surface area contributed by atoms with Gasteiger partial charge in [-0.1, -0.05) is 0 Å². The number of carbonyl (C=O) groups is 2. The monoisotopic (exact) mass is 440 g/mol. The molecule has 3 rings (SSSR count). The van der Waals surface area contributed by atoms with Crippen molar-refractivity contribution in [2.24, 2.45) is 5.92 Å². The molecule has 0 bridgehead atoms. The molecule has 2 heterocycles. The summed E-state index contributed by atoms with van der Waals surface area (Å²) in [7, 11) is 3.21. The summed E-state index contributed by atoms with van der Waals surface area (Å²) in [6, 6.07) is 5.55. The number of methoxy groups -OCH3 is 2. The molecule has 172 valence electrons. The van der Waals surface area contributed by atoms with Gasteiger partial charge in [0.2, 0.25) is 11.8 Å². The summed E-state index contributed by atoms with van der Waals surface area (Å²) in [6.45, 7) is 1.92. The van der Waals surface area contributed by atoms with Gasteiger partial charge < -0.3 is 19.7 Å². The summed E-state index contributed by atoms with van der Waals surface area (Å²) >= 11 is 0. The van der Waals surface area contributed by atoms with Crippen LogP contribution >= 0.6 is 0 Å². The first-order valence-electron chi connectivity index (χ1n) is 11.1. The van der Waals surface area contributed by atoms with Gasteiger partial charge in [-0.15, -0.1) is 0 Å². The van der Waals surface area contributed by atoms with Gasteiger partial charge in [0.05, 0.1) is 19.9 Å². The van der Waals surface area contributed by atoms with Crippen LogP contribution in [0.4, 0.5) is 0 Å². The van der Waals surface area contributed by atoms with Crippen molar-refractivity contribution in [3.63, 3.8) is 0 Å². The quantitative estimate of drug-likeness (QED) is 0.611. The maximum atomic E-state index is 12.6. The highest BCUT2D eigenvalue weighted by atomic mass is 16.5. The molecule has 1 fully saturated rings. The van der Waals surface area contributed by atoms with E-state index in [1.54, 1.807) is 38.9 Å². The molecule has 0 spiro atoms. The van der Waals surface area contributed by atoms with Crippen molar-refractivity contribution in [1.82, 2.24) is 20.2 Å². The number of benzene rings is 1. The topological polar surface area (TPSA) is 93.7 Å². The van der Waals surface area contributed by atoms with Gasteiger partial charge in [0.15, 0.2) is 0 Å². The Kier molecular flexibility index (Phi) is 8.83. The van der Waals surface area contributed by atoms with E-state index in [1.165, 1.54) is 0 Å². The van der Waals surface area contributed by atoms with Gasteiger partial charge in [0, 0.05) is 62.7 Å². The molecule has 0 saturated carbocycles. The van der Waals surface area contributed by atoms with Gasteiger partial charge in [-0.2, -0.15) is 0 Å². The Hall–Kier alpha value is -3.16. The Morgan fingerprint density at radius 2 is 2.06 bits per heavy atom. The van der Waals surface area contributed by atoms with Crippen LogP contribution in [0.25, 0.3) is 0 Å². The van der Waals surface area contributed by atoms with Crippen molar-refractivity contribution < 1.29 is 19.1 Å². The molecule has 2 amide bonds. The number of carbonyl (C=O) groups excluding carboxylic acids is 2. The maximum Gasteiger partial charge on any atom is 0.222 e. The Labute approximate surface area is 189 Å². The third kappa shape index (κ3) is 6.93. The number of ether oxygens (including phenoxy) is 2. The molecule has 8 nitrogen and oxygen atoms in total. The van der Waals surface area contributed by atoms with E-state index in [9.17, 15) is 9.59 Å². The van der Waals surface area contributed by atoms with E-state index in [0.717, 1.165) is 43.6 Å². The minimum Gasteiger partial charge on any atom is -0.497 e. The van der Waals surface area contributed by atoms with E-state index >= 15 is 0 Å². The fourth-order valence-electron chi connectivity index (χ4n) is 3.99. The molecule has 1 aliphatic rings. The van der Waals surface area contributed by atoms with Crippen LogP contribution in [0.2, 0.25) is 0 Å². The average Bonchev–Trinajstić information content (AvgIpc) is 2.85. The molecule has 1 unspecified atom stereocenters. The fraction of sp³-hybridized carbons (Fsp3) is 0.500. The highest BCUT2D eigenvalue weighted by Crippen LogP contribution is 2.25. The smallest absolute Gasteiger partial charge is 0.222 e. The molecule has 1 saturated heterocycles. The van der Waals surface area contributed by atoms with Crippen LogP contribution in [-0.2, 0) is 22.6 Å². The Morgan fingerprint density at radius 3 is 2.81 bits per heavy atom. The second kappa shape index (κ2) is 12.0. The average molecular weight is 441 g/mol. The second-order valence-electron chi connectivity index (χ2n) is 8.04. The molecule has 1 aromatic heterocycles. The number of nitrogens with zero attached hydrogens (tertiary/aromatic N) is 3. The largest absolute Gasteiger partial charge is 0.497 e. The van der Waals surface area contributed by atoms with E-state index in [1.807, 2.05) is 17.0 Å². The SMILES string of the molecule is COc1ccc(CNC(=O)CCC2CCCN(C(=O)CCc3cnccn3)C2)c(OC)c1. The Morgan fingerprint density at radius 1 is 1.19 bits per heavy atom. The lowest BCUT2D eigenvalue weighted by molar-refractivity contribution is -0.133. The highest BCUT2D eigenvalue weighted by molar-refractivity contribution is 5.77. The van der Waals surface area contributed by atoms with E-state index in [2.05, 4.69) is 15.3 Å². The van der Waals surface area contributed by atoms with Crippen LogP contribution in [0.1, 0.15) is 43.4 Å². The van der Waals surface area contributed by atoms with Crippen molar-refractivity contribution in [3.05, 3.63) is 48.0 Å². The lowest BCUT2D eigenvalue weighted by atomic mass is 9.93. The summed E-state index contributed by atoms with van der Waals surface area (Å²) in [5.74, 6) is 1.91. The third-order valence-electron chi connectivity index (χ3n) is 5.83. The van der Waals surface area contributed by atoms with Crippen LogP contribution in [-0.4, -0.2) is 54.0 Å². The van der Waals surface area contributed by atoms with Crippen LogP contribution in [0.5, 0.6) is 11.5 Å². The highest BCUT2D eigenvalue weighted by Gasteiger charge is 2.24. The van der Waals surface area contributed by atoms with Crippen LogP contribution in [0.3, 0.4) is 0 Å². The molecular weight excluding hydrogens is 408 g/mol. The summed E-state index contributed by atoms with van der Waals surface area (Å²) in [6.07, 6.45) is 9.27. The lowest BCUT2D eigenvalue weighted by Crippen LogP contribution is -2.40. The number of aryl methyl sites for hydroxylation is 1. The summed E-state index contributed by atoms with van der Waals surface area (Å²) in [5, 5.41) is 2.97. The van der Waals surface area contributed by atoms with E-state index in [0.29, 0.717) is 43.2 Å². The van der Waals surface area contributed by atoms with Gasteiger partial charge in [-0.25, -0.2) is 0 Å². The molecule has 1 aliphatic heterocycles. The molecule has 32 heavy (non-hydrogen) atoms. The third-order valence-corrected chi connectivity index (χ3v) is 5.83. The number of likely N-dealkylation sites (tertiary alicyclic amines) is 1. The van der Waals surface area contributed by atoms with Crippen LogP contribution in [0, 0.1) is 5.92 Å². The van der Waals surface area contributed by atoms with Crippen molar-refractivity contribution in [3.8, 4) is 11.5 Å². The van der Waals surface area contributed by atoms with Crippen LogP contribution < -0.4 is 14.8 Å². The zero-order valence-corrected chi connectivity index (χ0v) is 18.9. The van der Waals surface area contributed by atoms with E-state index < -0.39 is 0 Å². The Bertz CT molecular complexity index is 891. The molecule has 0 aliphatic carbocycles. The van der Waals surface area contributed by atoms with Gasteiger partial charge in [0.1, 0.15) is 11.5 Å². The van der Waals surface area contributed by atoms with Gasteiger partial charge in [0.25, 0.3) is 0 Å². The normalized spacial score (nSPS) is 15.8. The van der Waals surface area contributed by atoms with Crippen molar-refractivity contribution >= 4 is 11.8 Å². The lowest BCUT2D eigenvalue weighted by Gasteiger charge is -2.33. The molecule has 1 atom stereocenters. The molecular formula is C24H32N4O4. The number of aromatic nitrogens is 2. The van der Waals surface area contributed by atoms with E-state index in [4.69, 9.17) is 9.47 Å². The number of rotatable bonds is 10. The molecule has 1 aromatic carbocycles. The summed E-state index contributed by atoms with van der Waals surface area (Å²) < 4.78 is 10.6. The molecule has 0 radical (unpaired) electrons.